The molecule has 1 aromatic heterocycles. The molecule has 0 spiro atoms. The number of nitrogens with one attached hydrogen (secondary N) is 2. The van der Waals surface area contributed by atoms with E-state index in [9.17, 15) is 0 Å². The number of aromatic amines is 1. The number of rotatable bonds is 3. The van der Waals surface area contributed by atoms with Crippen molar-refractivity contribution in [1.29, 1.82) is 0 Å². The minimum Gasteiger partial charge on any atom is -0.361 e. The SMILES string of the molecule is CC(C)c1ccc2[nH]cc(CC3CCCN3)c2c1. The predicted molar refractivity (Wildman–Crippen MR) is 77.1 cm³/mol. The van der Waals surface area contributed by atoms with Crippen LogP contribution in [-0.4, -0.2) is 17.6 Å². The molecule has 3 rings (SSSR count). The molecule has 0 saturated carbocycles. The van der Waals surface area contributed by atoms with Gasteiger partial charge in [-0.15, -0.1) is 0 Å². The number of hydrogen-bond donors (Lipinski definition) is 2. The maximum Gasteiger partial charge on any atom is 0.0457 e. The summed E-state index contributed by atoms with van der Waals surface area (Å²) in [7, 11) is 0. The fourth-order valence-corrected chi connectivity index (χ4v) is 2.92. The van der Waals surface area contributed by atoms with Crippen LogP contribution >= 0.6 is 0 Å². The molecule has 1 fully saturated rings. The van der Waals surface area contributed by atoms with Gasteiger partial charge >= 0.3 is 0 Å². The monoisotopic (exact) mass is 242 g/mol. The van der Waals surface area contributed by atoms with Gasteiger partial charge < -0.3 is 10.3 Å². The fourth-order valence-electron chi connectivity index (χ4n) is 2.92. The summed E-state index contributed by atoms with van der Waals surface area (Å²) >= 11 is 0. The number of H-pyrrole nitrogens is 1. The lowest BCUT2D eigenvalue weighted by atomic mass is 9.98. The average Bonchev–Trinajstić information content (AvgIpc) is 2.99. The van der Waals surface area contributed by atoms with Crippen LogP contribution in [0.5, 0.6) is 0 Å². The van der Waals surface area contributed by atoms with E-state index < -0.39 is 0 Å². The molecule has 96 valence electrons. The molecule has 18 heavy (non-hydrogen) atoms. The van der Waals surface area contributed by atoms with Gasteiger partial charge in [0.15, 0.2) is 0 Å². The molecule has 1 unspecified atom stereocenters. The summed E-state index contributed by atoms with van der Waals surface area (Å²) in [5.41, 5.74) is 4.17. The third kappa shape index (κ3) is 2.17. The van der Waals surface area contributed by atoms with Gasteiger partial charge in [0.05, 0.1) is 0 Å². The summed E-state index contributed by atoms with van der Waals surface area (Å²) < 4.78 is 0. The average molecular weight is 242 g/mol. The van der Waals surface area contributed by atoms with Gasteiger partial charge in [-0.3, -0.25) is 0 Å². The molecule has 1 aliphatic heterocycles. The van der Waals surface area contributed by atoms with Crippen LogP contribution in [0.4, 0.5) is 0 Å². The number of aromatic nitrogens is 1. The normalized spacial score (nSPS) is 20.1. The first kappa shape index (κ1) is 11.8. The largest absolute Gasteiger partial charge is 0.361 e. The van der Waals surface area contributed by atoms with Crippen LogP contribution in [0.25, 0.3) is 10.9 Å². The molecule has 0 aliphatic carbocycles. The van der Waals surface area contributed by atoms with Crippen molar-refractivity contribution < 1.29 is 0 Å². The highest BCUT2D eigenvalue weighted by Crippen LogP contribution is 2.25. The van der Waals surface area contributed by atoms with Gasteiger partial charge in [-0.2, -0.15) is 0 Å². The molecule has 2 aromatic rings. The Morgan fingerprint density at radius 3 is 2.94 bits per heavy atom. The van der Waals surface area contributed by atoms with Crippen LogP contribution in [-0.2, 0) is 6.42 Å². The summed E-state index contributed by atoms with van der Waals surface area (Å²) in [5, 5.41) is 4.99. The first-order chi connectivity index (χ1) is 8.74. The van der Waals surface area contributed by atoms with Gasteiger partial charge in [0.1, 0.15) is 0 Å². The maximum atomic E-state index is 3.58. The summed E-state index contributed by atoms with van der Waals surface area (Å²) in [6, 6.07) is 7.49. The Bertz CT molecular complexity index is 533. The summed E-state index contributed by atoms with van der Waals surface area (Å²) in [6.07, 6.45) is 5.98. The van der Waals surface area contributed by atoms with E-state index in [1.807, 2.05) is 0 Å². The second-order valence-electron chi connectivity index (χ2n) is 5.77. The lowest BCUT2D eigenvalue weighted by molar-refractivity contribution is 0.605. The zero-order chi connectivity index (χ0) is 12.5. The van der Waals surface area contributed by atoms with Crippen LogP contribution in [0, 0.1) is 0 Å². The molecule has 0 bridgehead atoms. The van der Waals surface area contributed by atoms with Crippen LogP contribution in [0.15, 0.2) is 24.4 Å². The molecule has 2 N–H and O–H groups in total. The van der Waals surface area contributed by atoms with Crippen molar-refractivity contribution in [3.63, 3.8) is 0 Å². The molecule has 1 aliphatic rings. The van der Waals surface area contributed by atoms with Crippen molar-refractivity contribution in [3.8, 4) is 0 Å². The third-order valence-corrected chi connectivity index (χ3v) is 4.09. The van der Waals surface area contributed by atoms with E-state index in [-0.39, 0.29) is 0 Å². The first-order valence-electron chi connectivity index (χ1n) is 7.07. The maximum absolute atomic E-state index is 3.58. The summed E-state index contributed by atoms with van der Waals surface area (Å²) in [6.45, 7) is 5.70. The van der Waals surface area contributed by atoms with E-state index in [4.69, 9.17) is 0 Å². The Morgan fingerprint density at radius 2 is 2.22 bits per heavy atom. The van der Waals surface area contributed by atoms with Gasteiger partial charge in [-0.1, -0.05) is 19.9 Å². The lowest BCUT2D eigenvalue weighted by Crippen LogP contribution is -2.23. The number of benzene rings is 1. The third-order valence-electron chi connectivity index (χ3n) is 4.09. The zero-order valence-corrected chi connectivity index (χ0v) is 11.3. The van der Waals surface area contributed by atoms with Crippen LogP contribution < -0.4 is 5.32 Å². The second kappa shape index (κ2) is 4.77. The van der Waals surface area contributed by atoms with Gasteiger partial charge in [0.25, 0.3) is 0 Å². The summed E-state index contributed by atoms with van der Waals surface area (Å²) in [4.78, 5) is 3.40. The van der Waals surface area contributed by atoms with E-state index in [1.54, 1.807) is 0 Å². The van der Waals surface area contributed by atoms with E-state index >= 15 is 0 Å². The van der Waals surface area contributed by atoms with Crippen molar-refractivity contribution in [1.82, 2.24) is 10.3 Å². The molecule has 0 radical (unpaired) electrons. The van der Waals surface area contributed by atoms with Crippen molar-refractivity contribution >= 4 is 10.9 Å². The van der Waals surface area contributed by atoms with Crippen LogP contribution in [0.3, 0.4) is 0 Å². The standard InChI is InChI=1S/C16H22N2/c1-11(2)12-5-6-16-15(9-12)13(10-18-16)8-14-4-3-7-17-14/h5-6,9-11,14,17-18H,3-4,7-8H2,1-2H3. The number of hydrogen-bond acceptors (Lipinski definition) is 1. The highest BCUT2D eigenvalue weighted by atomic mass is 14.9. The second-order valence-corrected chi connectivity index (χ2v) is 5.77. The van der Waals surface area contributed by atoms with Gasteiger partial charge in [0.2, 0.25) is 0 Å². The van der Waals surface area contributed by atoms with Crippen molar-refractivity contribution in [3.05, 3.63) is 35.5 Å². The minimum absolute atomic E-state index is 0.599. The van der Waals surface area contributed by atoms with Gasteiger partial charge in [-0.25, -0.2) is 0 Å². The zero-order valence-electron chi connectivity index (χ0n) is 11.3. The fraction of sp³-hybridized carbons (Fsp3) is 0.500. The Morgan fingerprint density at radius 1 is 1.33 bits per heavy atom. The smallest absolute Gasteiger partial charge is 0.0457 e. The molecular weight excluding hydrogens is 220 g/mol. The number of fused-ring (bicyclic) bond motifs is 1. The molecule has 1 saturated heterocycles. The summed E-state index contributed by atoms with van der Waals surface area (Å²) in [5.74, 6) is 0.599. The van der Waals surface area contributed by atoms with Crippen molar-refractivity contribution in [2.45, 2.75) is 45.1 Å². The van der Waals surface area contributed by atoms with Crippen molar-refractivity contribution in [2.75, 3.05) is 6.54 Å². The van der Waals surface area contributed by atoms with Crippen LogP contribution in [0.1, 0.15) is 43.7 Å². The Labute approximate surface area is 109 Å². The predicted octanol–water partition coefficient (Wildman–Crippen LogP) is 3.59. The lowest BCUT2D eigenvalue weighted by Gasteiger charge is -2.10. The minimum atomic E-state index is 0.599. The Kier molecular flexibility index (Phi) is 3.13. The van der Waals surface area contributed by atoms with E-state index in [0.29, 0.717) is 12.0 Å². The molecule has 1 atom stereocenters. The van der Waals surface area contributed by atoms with Crippen LogP contribution in [0.2, 0.25) is 0 Å². The molecule has 0 amide bonds. The van der Waals surface area contributed by atoms with E-state index in [2.05, 4.69) is 48.5 Å². The highest BCUT2D eigenvalue weighted by Gasteiger charge is 2.16. The van der Waals surface area contributed by atoms with Gasteiger partial charge in [-0.05, 0) is 55.0 Å². The highest BCUT2D eigenvalue weighted by molar-refractivity contribution is 5.84. The quantitative estimate of drug-likeness (QED) is 0.846. The molecule has 1 aromatic carbocycles. The topological polar surface area (TPSA) is 27.8 Å². The van der Waals surface area contributed by atoms with E-state index in [0.717, 1.165) is 6.42 Å². The van der Waals surface area contributed by atoms with Gasteiger partial charge in [0, 0.05) is 23.1 Å². The molecule has 2 heterocycles. The molecule has 2 nitrogen and oxygen atoms in total. The molecular formula is C16H22N2. The molecule has 2 heteroatoms. The van der Waals surface area contributed by atoms with E-state index in [1.165, 1.54) is 41.4 Å². The Balaban J connectivity index is 1.93. The van der Waals surface area contributed by atoms with Crippen molar-refractivity contribution in [2.24, 2.45) is 0 Å². The Hall–Kier alpha value is -1.28. The first-order valence-corrected chi connectivity index (χ1v) is 7.07.